The van der Waals surface area contributed by atoms with E-state index in [2.05, 4.69) is 47.1 Å². The van der Waals surface area contributed by atoms with Crippen LogP contribution in [0.5, 0.6) is 5.75 Å². The maximum Gasteiger partial charge on any atom is 0.258 e. The average Bonchev–Trinajstić information content (AvgIpc) is 2.35. The summed E-state index contributed by atoms with van der Waals surface area (Å²) < 4.78 is 0.916. The van der Waals surface area contributed by atoms with Gasteiger partial charge in [-0.1, -0.05) is 11.6 Å². The Hall–Kier alpha value is -1.18. The normalized spacial score (nSPS) is 10.3. The zero-order valence-corrected chi connectivity index (χ0v) is 13.1. The second kappa shape index (κ2) is 5.85. The number of carbonyl (C=O) groups excluding carboxylic acids is 1. The number of aromatic hydroxyl groups is 1. The van der Waals surface area contributed by atoms with Gasteiger partial charge in [-0.2, -0.15) is 0 Å². The predicted octanol–water partition coefficient (Wildman–Crippen LogP) is 3.61. The summed E-state index contributed by atoms with van der Waals surface area (Å²) in [6.07, 6.45) is 1.45. The van der Waals surface area contributed by atoms with Crippen LogP contribution >= 0.6 is 43.5 Å². The van der Waals surface area contributed by atoms with E-state index in [0.717, 1.165) is 0 Å². The third-order valence-electron chi connectivity index (χ3n) is 2.13. The number of rotatable bonds is 2. The Bertz CT molecular complexity index is 652. The molecule has 1 heterocycles. The number of halogens is 3. The van der Waals surface area contributed by atoms with E-state index in [1.165, 1.54) is 24.4 Å². The fourth-order valence-corrected chi connectivity index (χ4v) is 2.41. The summed E-state index contributed by atoms with van der Waals surface area (Å²) in [5.41, 5.74) is 0.151. The maximum absolute atomic E-state index is 12.0. The number of nitrogens with zero attached hydrogens (tertiary/aromatic N) is 2. The van der Waals surface area contributed by atoms with Crippen LogP contribution in [0.2, 0.25) is 5.02 Å². The van der Waals surface area contributed by atoms with Gasteiger partial charge in [-0.3, -0.25) is 4.79 Å². The molecule has 0 radical (unpaired) electrons. The van der Waals surface area contributed by atoms with Crippen LogP contribution in [0.1, 0.15) is 10.4 Å². The standard InChI is InChI=1S/C11H6Br2ClN3O2/c12-8-4-15-10(9(13)16-8)17-11(19)6-3-5(18)1-2-7(6)14/h1-4,18H,(H,15,17,19). The monoisotopic (exact) mass is 405 g/mol. The van der Waals surface area contributed by atoms with Gasteiger partial charge in [0.15, 0.2) is 5.82 Å². The van der Waals surface area contributed by atoms with E-state index >= 15 is 0 Å². The summed E-state index contributed by atoms with van der Waals surface area (Å²) >= 11 is 12.2. The fourth-order valence-electron chi connectivity index (χ4n) is 1.29. The van der Waals surface area contributed by atoms with Crippen LogP contribution in [0, 0.1) is 0 Å². The lowest BCUT2D eigenvalue weighted by Crippen LogP contribution is -2.14. The number of hydrogen-bond acceptors (Lipinski definition) is 4. The molecule has 1 aromatic carbocycles. The molecule has 0 bridgehead atoms. The molecule has 2 aromatic rings. The van der Waals surface area contributed by atoms with E-state index in [-0.39, 0.29) is 22.2 Å². The van der Waals surface area contributed by atoms with Crippen molar-refractivity contribution in [3.8, 4) is 5.75 Å². The first kappa shape index (κ1) is 14.2. The zero-order chi connectivity index (χ0) is 14.0. The number of anilines is 1. The molecule has 0 saturated carbocycles. The first-order valence-corrected chi connectivity index (χ1v) is 6.91. The molecule has 0 saturated heterocycles. The summed E-state index contributed by atoms with van der Waals surface area (Å²) in [6.45, 7) is 0. The van der Waals surface area contributed by atoms with Crippen LogP contribution < -0.4 is 5.32 Å². The second-order valence-corrected chi connectivity index (χ2v) is 5.42. The first-order valence-electron chi connectivity index (χ1n) is 4.95. The second-order valence-electron chi connectivity index (χ2n) is 3.45. The van der Waals surface area contributed by atoms with Gasteiger partial charge in [-0.05, 0) is 50.1 Å². The van der Waals surface area contributed by atoms with E-state index in [4.69, 9.17) is 11.6 Å². The summed E-state index contributed by atoms with van der Waals surface area (Å²) in [5.74, 6) is -0.277. The van der Waals surface area contributed by atoms with Gasteiger partial charge in [0.2, 0.25) is 0 Å². The lowest BCUT2D eigenvalue weighted by molar-refractivity contribution is 0.102. The molecule has 0 aliphatic carbocycles. The van der Waals surface area contributed by atoms with Crippen molar-refractivity contribution in [3.05, 3.63) is 44.2 Å². The van der Waals surface area contributed by atoms with Gasteiger partial charge in [0.1, 0.15) is 15.0 Å². The highest BCUT2D eigenvalue weighted by molar-refractivity contribution is 9.11. The van der Waals surface area contributed by atoms with Gasteiger partial charge in [0.25, 0.3) is 5.91 Å². The smallest absolute Gasteiger partial charge is 0.258 e. The molecule has 19 heavy (non-hydrogen) atoms. The topological polar surface area (TPSA) is 75.1 Å². The van der Waals surface area contributed by atoms with Crippen molar-refractivity contribution in [1.82, 2.24) is 9.97 Å². The Kier molecular flexibility index (Phi) is 4.38. The van der Waals surface area contributed by atoms with Gasteiger partial charge in [-0.25, -0.2) is 9.97 Å². The first-order chi connectivity index (χ1) is 8.97. The van der Waals surface area contributed by atoms with E-state index in [0.29, 0.717) is 9.21 Å². The summed E-state index contributed by atoms with van der Waals surface area (Å²) in [4.78, 5) is 20.1. The van der Waals surface area contributed by atoms with E-state index < -0.39 is 5.91 Å². The molecular weight excluding hydrogens is 401 g/mol. The van der Waals surface area contributed by atoms with Gasteiger partial charge >= 0.3 is 0 Å². The highest BCUT2D eigenvalue weighted by atomic mass is 79.9. The highest BCUT2D eigenvalue weighted by Gasteiger charge is 2.14. The number of hydrogen-bond donors (Lipinski definition) is 2. The van der Waals surface area contributed by atoms with Crippen molar-refractivity contribution in [2.75, 3.05) is 5.32 Å². The zero-order valence-electron chi connectivity index (χ0n) is 9.19. The lowest BCUT2D eigenvalue weighted by Gasteiger charge is -2.07. The number of amides is 1. The molecule has 0 fully saturated rings. The highest BCUT2D eigenvalue weighted by Crippen LogP contribution is 2.24. The number of aromatic nitrogens is 2. The quantitative estimate of drug-likeness (QED) is 0.798. The van der Waals surface area contributed by atoms with E-state index in [9.17, 15) is 9.90 Å². The third-order valence-corrected chi connectivity index (χ3v) is 3.39. The molecular formula is C11H6Br2ClN3O2. The molecule has 0 atom stereocenters. The molecule has 8 heteroatoms. The molecule has 5 nitrogen and oxygen atoms in total. The largest absolute Gasteiger partial charge is 0.508 e. The Morgan fingerprint density at radius 2 is 2.11 bits per heavy atom. The van der Waals surface area contributed by atoms with Gasteiger partial charge in [-0.15, -0.1) is 0 Å². The van der Waals surface area contributed by atoms with Crippen molar-refractivity contribution in [3.63, 3.8) is 0 Å². The van der Waals surface area contributed by atoms with Crippen LogP contribution in [-0.2, 0) is 0 Å². The van der Waals surface area contributed by atoms with Crippen molar-refractivity contribution in [1.29, 1.82) is 0 Å². The molecule has 0 aliphatic rings. The van der Waals surface area contributed by atoms with Crippen molar-refractivity contribution in [2.24, 2.45) is 0 Å². The van der Waals surface area contributed by atoms with E-state index in [1.807, 2.05) is 0 Å². The van der Waals surface area contributed by atoms with Crippen molar-refractivity contribution >= 4 is 55.2 Å². The van der Waals surface area contributed by atoms with Crippen LogP contribution in [0.25, 0.3) is 0 Å². The summed E-state index contributed by atoms with van der Waals surface area (Å²) in [5, 5.41) is 12.1. The Morgan fingerprint density at radius 3 is 2.79 bits per heavy atom. The lowest BCUT2D eigenvalue weighted by atomic mass is 10.2. The van der Waals surface area contributed by atoms with Crippen molar-refractivity contribution in [2.45, 2.75) is 0 Å². The number of phenolic OH excluding ortho intramolecular Hbond substituents is 1. The van der Waals surface area contributed by atoms with Crippen LogP contribution in [0.3, 0.4) is 0 Å². The Morgan fingerprint density at radius 1 is 1.37 bits per heavy atom. The Balaban J connectivity index is 2.28. The maximum atomic E-state index is 12.0. The predicted molar refractivity (Wildman–Crippen MR) is 78.5 cm³/mol. The molecule has 1 aromatic heterocycles. The number of carbonyl (C=O) groups is 1. The van der Waals surface area contributed by atoms with Crippen molar-refractivity contribution < 1.29 is 9.90 Å². The fraction of sp³-hybridized carbons (Fsp3) is 0. The molecule has 0 aliphatic heterocycles. The number of benzene rings is 1. The van der Waals surface area contributed by atoms with Crippen LogP contribution in [-0.4, -0.2) is 21.0 Å². The minimum atomic E-state index is -0.488. The molecule has 2 rings (SSSR count). The van der Waals surface area contributed by atoms with Gasteiger partial charge < -0.3 is 10.4 Å². The summed E-state index contributed by atoms with van der Waals surface area (Å²) in [7, 11) is 0. The average molecular weight is 407 g/mol. The minimum Gasteiger partial charge on any atom is -0.508 e. The van der Waals surface area contributed by atoms with Crippen LogP contribution in [0.15, 0.2) is 33.6 Å². The van der Waals surface area contributed by atoms with Gasteiger partial charge in [0, 0.05) is 0 Å². The third kappa shape index (κ3) is 3.43. The summed E-state index contributed by atoms with van der Waals surface area (Å²) in [6, 6.07) is 4.11. The molecule has 0 unspecified atom stereocenters. The minimum absolute atomic E-state index is 0.0458. The van der Waals surface area contributed by atoms with Gasteiger partial charge in [0.05, 0.1) is 16.8 Å². The van der Waals surface area contributed by atoms with E-state index in [1.54, 1.807) is 0 Å². The molecule has 0 spiro atoms. The number of nitrogens with one attached hydrogen (secondary N) is 1. The van der Waals surface area contributed by atoms with Crippen LogP contribution in [0.4, 0.5) is 5.82 Å². The number of phenols is 1. The Labute approximate surface area is 130 Å². The SMILES string of the molecule is O=C(Nc1ncc(Br)nc1Br)c1cc(O)ccc1Cl. The molecule has 1 amide bonds. The molecule has 2 N–H and O–H groups in total. The molecule has 98 valence electrons.